The second-order valence-corrected chi connectivity index (χ2v) is 7.32. The van der Waals surface area contributed by atoms with Crippen molar-refractivity contribution in [2.24, 2.45) is 5.92 Å². The van der Waals surface area contributed by atoms with E-state index in [9.17, 15) is 0 Å². The molecule has 2 heterocycles. The molecule has 0 spiro atoms. The molecule has 2 aliphatic heterocycles. The first kappa shape index (κ1) is 12.9. The van der Waals surface area contributed by atoms with E-state index < -0.39 is 0 Å². The van der Waals surface area contributed by atoms with Gasteiger partial charge >= 0.3 is 0 Å². The SMILES string of the molecule is CC1(C)Oc2c(Br)cc(Br)cc2[C@@H]2OCCC[C@H]21. The first-order chi connectivity index (χ1) is 8.49. The molecular formula is C14H16Br2O2. The van der Waals surface area contributed by atoms with Gasteiger partial charge in [0.1, 0.15) is 11.4 Å². The van der Waals surface area contributed by atoms with E-state index in [0.29, 0.717) is 5.92 Å². The summed E-state index contributed by atoms with van der Waals surface area (Å²) < 4.78 is 14.3. The Labute approximate surface area is 124 Å². The molecular weight excluding hydrogens is 360 g/mol. The molecule has 2 nitrogen and oxygen atoms in total. The fraction of sp³-hybridized carbons (Fsp3) is 0.571. The molecule has 18 heavy (non-hydrogen) atoms. The van der Waals surface area contributed by atoms with Crippen molar-refractivity contribution >= 4 is 31.9 Å². The predicted octanol–water partition coefficient (Wildman–Crippen LogP) is 4.85. The summed E-state index contributed by atoms with van der Waals surface area (Å²) in [7, 11) is 0. The highest BCUT2D eigenvalue weighted by molar-refractivity contribution is 9.11. The third-order valence-electron chi connectivity index (χ3n) is 3.92. The average molecular weight is 376 g/mol. The van der Waals surface area contributed by atoms with Crippen molar-refractivity contribution in [2.45, 2.75) is 38.4 Å². The quantitative estimate of drug-likeness (QED) is 0.645. The summed E-state index contributed by atoms with van der Waals surface area (Å²) in [6.45, 7) is 5.17. The Morgan fingerprint density at radius 3 is 2.83 bits per heavy atom. The summed E-state index contributed by atoms with van der Waals surface area (Å²) >= 11 is 7.14. The van der Waals surface area contributed by atoms with Gasteiger partial charge in [-0.05, 0) is 54.8 Å². The number of rotatable bonds is 0. The number of hydrogen-bond acceptors (Lipinski definition) is 2. The van der Waals surface area contributed by atoms with Crippen molar-refractivity contribution in [3.05, 3.63) is 26.6 Å². The van der Waals surface area contributed by atoms with E-state index in [4.69, 9.17) is 9.47 Å². The second-order valence-electron chi connectivity index (χ2n) is 5.55. The largest absolute Gasteiger partial charge is 0.486 e. The Hall–Kier alpha value is -0.0600. The number of hydrogen-bond donors (Lipinski definition) is 0. The molecule has 98 valence electrons. The molecule has 1 aromatic rings. The first-order valence-corrected chi connectivity index (χ1v) is 7.87. The summed E-state index contributed by atoms with van der Waals surface area (Å²) in [5.41, 5.74) is 0.995. The topological polar surface area (TPSA) is 18.5 Å². The highest BCUT2D eigenvalue weighted by Gasteiger charge is 2.46. The van der Waals surface area contributed by atoms with Gasteiger partial charge in [0, 0.05) is 22.6 Å². The maximum atomic E-state index is 6.23. The minimum atomic E-state index is -0.172. The molecule has 1 aromatic carbocycles. The monoisotopic (exact) mass is 374 g/mol. The van der Waals surface area contributed by atoms with E-state index in [2.05, 4.69) is 51.8 Å². The zero-order valence-corrected chi connectivity index (χ0v) is 13.7. The van der Waals surface area contributed by atoms with E-state index in [1.165, 1.54) is 12.0 Å². The number of fused-ring (bicyclic) bond motifs is 3. The Bertz CT molecular complexity index is 485. The van der Waals surface area contributed by atoms with Crippen molar-refractivity contribution in [1.82, 2.24) is 0 Å². The molecule has 3 rings (SSSR count). The lowest BCUT2D eigenvalue weighted by Crippen LogP contribution is -2.47. The predicted molar refractivity (Wildman–Crippen MR) is 78.0 cm³/mol. The lowest BCUT2D eigenvalue weighted by atomic mass is 9.76. The molecule has 2 atom stereocenters. The third-order valence-corrected chi connectivity index (χ3v) is 4.97. The summed E-state index contributed by atoms with van der Waals surface area (Å²) in [5, 5.41) is 0. The van der Waals surface area contributed by atoms with Gasteiger partial charge in [-0.2, -0.15) is 0 Å². The van der Waals surface area contributed by atoms with Gasteiger partial charge in [-0.3, -0.25) is 0 Å². The molecule has 0 saturated carbocycles. The Balaban J connectivity index is 2.14. The van der Waals surface area contributed by atoms with Gasteiger partial charge in [-0.15, -0.1) is 0 Å². The average Bonchev–Trinajstić information content (AvgIpc) is 2.31. The van der Waals surface area contributed by atoms with E-state index in [1.807, 2.05) is 6.07 Å². The lowest BCUT2D eigenvalue weighted by Gasteiger charge is -2.47. The van der Waals surface area contributed by atoms with Gasteiger partial charge in [0.2, 0.25) is 0 Å². The third kappa shape index (κ3) is 2.02. The molecule has 1 saturated heterocycles. The summed E-state index contributed by atoms with van der Waals surface area (Å²) in [4.78, 5) is 0. The normalized spacial score (nSPS) is 29.1. The van der Waals surface area contributed by atoms with E-state index in [-0.39, 0.29) is 11.7 Å². The fourth-order valence-electron chi connectivity index (χ4n) is 3.04. The highest BCUT2D eigenvalue weighted by Crippen LogP contribution is 2.52. The maximum Gasteiger partial charge on any atom is 0.140 e. The van der Waals surface area contributed by atoms with Crippen molar-refractivity contribution in [1.29, 1.82) is 0 Å². The minimum Gasteiger partial charge on any atom is -0.486 e. The number of benzene rings is 1. The molecule has 2 aliphatic rings. The minimum absolute atomic E-state index is 0.159. The van der Waals surface area contributed by atoms with Crippen LogP contribution in [-0.2, 0) is 4.74 Å². The standard InChI is InChI=1S/C14H16Br2O2/c1-14(2)10-4-3-5-17-12(10)9-6-8(15)7-11(16)13(9)18-14/h6-7,10,12H,3-5H2,1-2H3/t10-,12+/m1/s1. The van der Waals surface area contributed by atoms with Gasteiger partial charge in [-0.25, -0.2) is 0 Å². The van der Waals surface area contributed by atoms with Gasteiger partial charge in [0.05, 0.1) is 10.6 Å². The molecule has 0 amide bonds. The smallest absolute Gasteiger partial charge is 0.140 e. The van der Waals surface area contributed by atoms with Crippen LogP contribution in [0.2, 0.25) is 0 Å². The van der Waals surface area contributed by atoms with E-state index in [1.54, 1.807) is 0 Å². The molecule has 0 unspecified atom stereocenters. The van der Waals surface area contributed by atoms with E-state index in [0.717, 1.165) is 27.7 Å². The van der Waals surface area contributed by atoms with Gasteiger partial charge < -0.3 is 9.47 Å². The van der Waals surface area contributed by atoms with Crippen LogP contribution in [0.1, 0.15) is 38.4 Å². The van der Waals surface area contributed by atoms with E-state index >= 15 is 0 Å². The van der Waals surface area contributed by atoms with Crippen molar-refractivity contribution in [3.8, 4) is 5.75 Å². The van der Waals surface area contributed by atoms with Gasteiger partial charge in [-0.1, -0.05) is 15.9 Å². The molecule has 4 heteroatoms. The van der Waals surface area contributed by atoms with Crippen LogP contribution in [0.4, 0.5) is 0 Å². The molecule has 0 aliphatic carbocycles. The van der Waals surface area contributed by atoms with Crippen molar-refractivity contribution in [3.63, 3.8) is 0 Å². The first-order valence-electron chi connectivity index (χ1n) is 6.28. The summed E-state index contributed by atoms with van der Waals surface area (Å²) in [6, 6.07) is 4.15. The zero-order chi connectivity index (χ0) is 12.9. The molecule has 0 aromatic heterocycles. The Morgan fingerprint density at radius 2 is 2.06 bits per heavy atom. The van der Waals surface area contributed by atoms with Crippen LogP contribution in [0.25, 0.3) is 0 Å². The van der Waals surface area contributed by atoms with Crippen molar-refractivity contribution < 1.29 is 9.47 Å². The fourth-order valence-corrected chi connectivity index (χ4v) is 4.38. The maximum absolute atomic E-state index is 6.23. The van der Waals surface area contributed by atoms with Crippen LogP contribution in [0.3, 0.4) is 0 Å². The van der Waals surface area contributed by atoms with Gasteiger partial charge in [0.15, 0.2) is 0 Å². The summed E-state index contributed by atoms with van der Waals surface area (Å²) in [5.74, 6) is 1.37. The molecule has 0 N–H and O–H groups in total. The van der Waals surface area contributed by atoms with Crippen LogP contribution in [0.15, 0.2) is 21.1 Å². The Kier molecular flexibility index (Phi) is 3.23. The highest BCUT2D eigenvalue weighted by atomic mass is 79.9. The molecule has 1 fully saturated rings. The lowest BCUT2D eigenvalue weighted by molar-refractivity contribution is -0.117. The molecule has 0 bridgehead atoms. The second kappa shape index (κ2) is 4.50. The molecule has 0 radical (unpaired) electrons. The van der Waals surface area contributed by atoms with Crippen LogP contribution in [-0.4, -0.2) is 12.2 Å². The van der Waals surface area contributed by atoms with Gasteiger partial charge in [0.25, 0.3) is 0 Å². The van der Waals surface area contributed by atoms with Crippen LogP contribution in [0.5, 0.6) is 5.75 Å². The Morgan fingerprint density at radius 1 is 1.28 bits per heavy atom. The van der Waals surface area contributed by atoms with Crippen LogP contribution in [0, 0.1) is 5.92 Å². The van der Waals surface area contributed by atoms with Crippen LogP contribution < -0.4 is 4.74 Å². The van der Waals surface area contributed by atoms with Crippen molar-refractivity contribution in [2.75, 3.05) is 6.61 Å². The van der Waals surface area contributed by atoms with Crippen LogP contribution >= 0.6 is 31.9 Å². The summed E-state index contributed by atoms with van der Waals surface area (Å²) in [6.07, 6.45) is 2.45. The zero-order valence-electron chi connectivity index (χ0n) is 10.5. The number of ether oxygens (including phenoxy) is 2. The number of halogens is 2.